The molecular weight excluding hydrogens is 210 g/mol. The van der Waals surface area contributed by atoms with Crippen LogP contribution in [0.1, 0.15) is 30.5 Å². The second kappa shape index (κ2) is 4.65. The van der Waals surface area contributed by atoms with Gasteiger partial charge in [-0.25, -0.2) is 4.98 Å². The molecule has 0 saturated carbocycles. The normalized spacial score (nSPS) is 21.4. The Bertz CT molecular complexity index is 396. The molecule has 0 radical (unpaired) electrons. The molecule has 3 nitrogen and oxygen atoms in total. The highest BCUT2D eigenvalue weighted by Crippen LogP contribution is 2.22. The van der Waals surface area contributed by atoms with Gasteiger partial charge in [0.15, 0.2) is 0 Å². The minimum absolute atomic E-state index is 1.06. The highest BCUT2D eigenvalue weighted by atomic mass is 15.2. The van der Waals surface area contributed by atoms with Crippen LogP contribution in [0.5, 0.6) is 0 Å². The maximum atomic E-state index is 4.87. The lowest BCUT2D eigenvalue weighted by atomic mass is 10.1. The summed E-state index contributed by atoms with van der Waals surface area (Å²) < 4.78 is 0. The van der Waals surface area contributed by atoms with Crippen molar-refractivity contribution >= 4 is 5.82 Å². The molecule has 1 aromatic rings. The number of likely N-dealkylation sites (N-methyl/N-ethyl adjacent to an activating group) is 1. The molecule has 0 aliphatic carbocycles. The maximum absolute atomic E-state index is 4.87. The van der Waals surface area contributed by atoms with Gasteiger partial charge in [0.1, 0.15) is 5.82 Å². The third kappa shape index (κ3) is 2.29. The molecule has 17 heavy (non-hydrogen) atoms. The van der Waals surface area contributed by atoms with Crippen LogP contribution in [0, 0.1) is 0 Å². The Balaban J connectivity index is 1.82. The second-order valence-corrected chi connectivity index (χ2v) is 5.31. The van der Waals surface area contributed by atoms with E-state index in [0.29, 0.717) is 0 Å². The summed E-state index contributed by atoms with van der Waals surface area (Å²) in [5, 5.41) is 0. The van der Waals surface area contributed by atoms with E-state index in [0.717, 1.165) is 19.5 Å². The Kier molecular flexibility index (Phi) is 3.02. The molecule has 3 heterocycles. The first-order valence-corrected chi connectivity index (χ1v) is 6.75. The number of piperidine rings is 1. The van der Waals surface area contributed by atoms with Gasteiger partial charge in [-0.15, -0.1) is 0 Å². The van der Waals surface area contributed by atoms with Gasteiger partial charge in [0.25, 0.3) is 0 Å². The van der Waals surface area contributed by atoms with Crippen LogP contribution >= 0.6 is 0 Å². The van der Waals surface area contributed by atoms with Gasteiger partial charge in [-0.3, -0.25) is 0 Å². The van der Waals surface area contributed by atoms with Crippen LogP contribution in [-0.4, -0.2) is 36.6 Å². The number of hydrogen-bond donors (Lipinski definition) is 0. The fourth-order valence-corrected chi connectivity index (χ4v) is 2.84. The van der Waals surface area contributed by atoms with Crippen LogP contribution in [0.15, 0.2) is 12.1 Å². The van der Waals surface area contributed by atoms with Gasteiger partial charge >= 0.3 is 0 Å². The van der Waals surface area contributed by atoms with Crippen molar-refractivity contribution in [2.45, 2.75) is 32.2 Å². The average molecular weight is 231 g/mol. The number of nitrogens with zero attached hydrogens (tertiary/aromatic N) is 3. The molecule has 92 valence electrons. The molecule has 0 spiro atoms. The van der Waals surface area contributed by atoms with E-state index in [-0.39, 0.29) is 0 Å². The van der Waals surface area contributed by atoms with Crippen molar-refractivity contribution in [1.82, 2.24) is 9.88 Å². The van der Waals surface area contributed by atoms with Gasteiger partial charge in [0, 0.05) is 38.3 Å². The van der Waals surface area contributed by atoms with E-state index in [9.17, 15) is 0 Å². The van der Waals surface area contributed by atoms with Gasteiger partial charge in [-0.05, 0) is 37.9 Å². The minimum atomic E-state index is 1.06. The van der Waals surface area contributed by atoms with E-state index >= 15 is 0 Å². The molecule has 0 N–H and O–H groups in total. The van der Waals surface area contributed by atoms with E-state index in [4.69, 9.17) is 4.98 Å². The fourth-order valence-electron chi connectivity index (χ4n) is 2.84. The summed E-state index contributed by atoms with van der Waals surface area (Å²) in [6, 6.07) is 4.49. The highest BCUT2D eigenvalue weighted by molar-refractivity contribution is 5.42. The molecule has 3 heteroatoms. The first-order chi connectivity index (χ1) is 8.33. The Morgan fingerprint density at radius 2 is 1.88 bits per heavy atom. The van der Waals surface area contributed by atoms with Gasteiger partial charge in [-0.1, -0.05) is 6.07 Å². The molecular formula is C14H21N3. The van der Waals surface area contributed by atoms with Crippen LogP contribution in [-0.2, 0) is 13.0 Å². The molecule has 3 rings (SSSR count). The van der Waals surface area contributed by atoms with Crippen molar-refractivity contribution in [1.29, 1.82) is 0 Å². The lowest BCUT2D eigenvalue weighted by molar-refractivity contribution is 0.310. The van der Waals surface area contributed by atoms with E-state index in [2.05, 4.69) is 29.0 Å². The van der Waals surface area contributed by atoms with Crippen LogP contribution in [0.3, 0.4) is 0 Å². The summed E-state index contributed by atoms with van der Waals surface area (Å²) in [7, 11) is 2.18. The quantitative estimate of drug-likeness (QED) is 0.737. The zero-order chi connectivity index (χ0) is 11.7. The monoisotopic (exact) mass is 231 g/mol. The van der Waals surface area contributed by atoms with Crippen molar-refractivity contribution in [2.75, 3.05) is 31.6 Å². The van der Waals surface area contributed by atoms with Crippen molar-refractivity contribution in [3.63, 3.8) is 0 Å². The molecule has 0 atom stereocenters. The third-order valence-electron chi connectivity index (χ3n) is 3.90. The SMILES string of the molecule is CN1CCc2nc(N3CCCCC3)ccc2C1. The van der Waals surface area contributed by atoms with Crippen LogP contribution in [0.2, 0.25) is 0 Å². The zero-order valence-corrected chi connectivity index (χ0v) is 10.7. The predicted molar refractivity (Wildman–Crippen MR) is 70.3 cm³/mol. The average Bonchev–Trinajstić information content (AvgIpc) is 2.39. The number of anilines is 1. The summed E-state index contributed by atoms with van der Waals surface area (Å²) in [6.07, 6.45) is 5.13. The second-order valence-electron chi connectivity index (χ2n) is 5.31. The first kappa shape index (κ1) is 11.0. The van der Waals surface area contributed by atoms with Crippen molar-refractivity contribution in [3.05, 3.63) is 23.4 Å². The van der Waals surface area contributed by atoms with E-state index in [1.165, 1.54) is 49.4 Å². The molecule has 2 aliphatic rings. The number of pyridine rings is 1. The summed E-state index contributed by atoms with van der Waals surface area (Å²) in [6.45, 7) is 4.57. The van der Waals surface area contributed by atoms with Crippen molar-refractivity contribution in [2.24, 2.45) is 0 Å². The zero-order valence-electron chi connectivity index (χ0n) is 10.7. The summed E-state index contributed by atoms with van der Waals surface area (Å²) >= 11 is 0. The highest BCUT2D eigenvalue weighted by Gasteiger charge is 2.17. The molecule has 2 aliphatic heterocycles. The van der Waals surface area contributed by atoms with Crippen molar-refractivity contribution in [3.8, 4) is 0 Å². The smallest absolute Gasteiger partial charge is 0.128 e. The van der Waals surface area contributed by atoms with E-state index in [1.807, 2.05) is 0 Å². The molecule has 1 fully saturated rings. The standard InChI is InChI=1S/C14H21N3/c1-16-10-7-13-12(11-16)5-6-14(15-13)17-8-3-2-4-9-17/h5-6H,2-4,7-11H2,1H3. The van der Waals surface area contributed by atoms with Gasteiger partial charge in [0.05, 0.1) is 0 Å². The van der Waals surface area contributed by atoms with Gasteiger partial charge in [0.2, 0.25) is 0 Å². The largest absolute Gasteiger partial charge is 0.357 e. The predicted octanol–water partition coefficient (Wildman–Crippen LogP) is 2.06. The number of aromatic nitrogens is 1. The molecule has 1 aromatic heterocycles. The van der Waals surface area contributed by atoms with Crippen LogP contribution < -0.4 is 4.90 Å². The van der Waals surface area contributed by atoms with Crippen LogP contribution in [0.25, 0.3) is 0 Å². The summed E-state index contributed by atoms with van der Waals surface area (Å²) in [5.41, 5.74) is 2.74. The third-order valence-corrected chi connectivity index (χ3v) is 3.90. The number of rotatable bonds is 1. The van der Waals surface area contributed by atoms with E-state index < -0.39 is 0 Å². The number of hydrogen-bond acceptors (Lipinski definition) is 3. The fraction of sp³-hybridized carbons (Fsp3) is 0.643. The lowest BCUT2D eigenvalue weighted by Gasteiger charge is -2.30. The van der Waals surface area contributed by atoms with Gasteiger partial charge in [-0.2, -0.15) is 0 Å². The molecule has 0 amide bonds. The van der Waals surface area contributed by atoms with Crippen LogP contribution in [0.4, 0.5) is 5.82 Å². The van der Waals surface area contributed by atoms with Crippen molar-refractivity contribution < 1.29 is 0 Å². The summed E-state index contributed by atoms with van der Waals surface area (Å²) in [5.74, 6) is 1.20. The maximum Gasteiger partial charge on any atom is 0.128 e. The number of fused-ring (bicyclic) bond motifs is 1. The molecule has 0 aromatic carbocycles. The molecule has 0 unspecified atom stereocenters. The Morgan fingerprint density at radius 3 is 2.71 bits per heavy atom. The Labute approximate surface area is 103 Å². The minimum Gasteiger partial charge on any atom is -0.357 e. The first-order valence-electron chi connectivity index (χ1n) is 6.75. The Morgan fingerprint density at radius 1 is 1.06 bits per heavy atom. The molecule has 0 bridgehead atoms. The summed E-state index contributed by atoms with van der Waals surface area (Å²) in [4.78, 5) is 9.68. The topological polar surface area (TPSA) is 19.4 Å². The lowest BCUT2D eigenvalue weighted by Crippen LogP contribution is -2.32. The molecule has 1 saturated heterocycles. The van der Waals surface area contributed by atoms with E-state index in [1.54, 1.807) is 0 Å². The Hall–Kier alpha value is -1.09. The van der Waals surface area contributed by atoms with Gasteiger partial charge < -0.3 is 9.80 Å².